The highest BCUT2D eigenvalue weighted by molar-refractivity contribution is 7.92. The Labute approximate surface area is 31.6 Å². The van der Waals surface area contributed by atoms with E-state index >= 15 is 0 Å². The summed E-state index contributed by atoms with van der Waals surface area (Å²) in [5.74, 6) is 0. The first-order valence-electron chi connectivity index (χ1n) is 0.875. The van der Waals surface area contributed by atoms with E-state index in [2.05, 4.69) is 16.6 Å². The lowest BCUT2D eigenvalue weighted by Gasteiger charge is -1.42. The molecule has 3 heteroatoms. The van der Waals surface area contributed by atoms with Crippen molar-refractivity contribution in [3.63, 3.8) is 0 Å². The fourth-order valence-electron chi connectivity index (χ4n) is 0. The van der Waals surface area contributed by atoms with Gasteiger partial charge in [-0.05, 0) is 11.8 Å². The molecule has 1 nitrogen and oxygen atoms in total. The molecule has 0 bridgehead atoms. The number of hydrogen-bond donors (Lipinski definition) is 0. The molecule has 1 unspecified atom stereocenters. The summed E-state index contributed by atoms with van der Waals surface area (Å²) in [5, 5.41) is 0. The predicted octanol–water partition coefficient (Wildman–Crippen LogP) is 0.940. The second-order valence-electron chi connectivity index (χ2n) is 0.315. The summed E-state index contributed by atoms with van der Waals surface area (Å²) in [6.07, 6.45) is 0. The highest BCUT2D eigenvalue weighted by atomic mass is 32.4. The molecular formula is CH4NPS. The Morgan fingerprint density at radius 2 is 2.25 bits per heavy atom. The molecule has 0 aromatic heterocycles. The molecule has 0 heterocycles. The van der Waals surface area contributed by atoms with Crippen LogP contribution in [0.25, 0.3) is 0 Å². The summed E-state index contributed by atoms with van der Waals surface area (Å²) in [6, 6.07) is 0. The molecule has 0 aliphatic carbocycles. The van der Waals surface area contributed by atoms with Crippen LogP contribution in [0.5, 0.6) is 0 Å². The highest BCUT2D eigenvalue weighted by Crippen LogP contribution is 1.68. The average molecular weight is 93.1 g/mol. The van der Waals surface area contributed by atoms with E-state index < -0.39 is 0 Å². The van der Waals surface area contributed by atoms with Crippen molar-refractivity contribution in [3.8, 4) is 0 Å². The fourth-order valence-corrected chi connectivity index (χ4v) is 0. The molecule has 0 saturated carbocycles. The minimum Gasteiger partial charge on any atom is -0.269 e. The lowest BCUT2D eigenvalue weighted by Crippen LogP contribution is -1.17. The van der Waals surface area contributed by atoms with Crippen LogP contribution in [0.1, 0.15) is 0 Å². The van der Waals surface area contributed by atoms with E-state index in [1.54, 1.807) is 7.05 Å². The van der Waals surface area contributed by atoms with E-state index in [-0.39, 0.29) is 0 Å². The summed E-state index contributed by atoms with van der Waals surface area (Å²) in [5.41, 5.74) is 0. The summed E-state index contributed by atoms with van der Waals surface area (Å²) in [6.45, 7) is 0. The molecule has 0 saturated heterocycles. The monoisotopic (exact) mass is 93.0 g/mol. The maximum atomic E-state index is 4.41. The van der Waals surface area contributed by atoms with Gasteiger partial charge in [0.25, 0.3) is 0 Å². The van der Waals surface area contributed by atoms with E-state index in [9.17, 15) is 0 Å². The Balaban J connectivity index is 3.11. The van der Waals surface area contributed by atoms with Gasteiger partial charge in [0.05, 0.1) is 0 Å². The van der Waals surface area contributed by atoms with Crippen LogP contribution in [0.2, 0.25) is 0 Å². The minimum atomic E-state index is 0.349. The van der Waals surface area contributed by atoms with Gasteiger partial charge in [0.15, 0.2) is 0 Å². The summed E-state index contributed by atoms with van der Waals surface area (Å²) < 4.78 is 3.58. The van der Waals surface area contributed by atoms with E-state index in [1.165, 1.54) is 0 Å². The molecule has 0 fully saturated rings. The molecule has 24 valence electrons. The van der Waals surface area contributed by atoms with E-state index in [4.69, 9.17) is 0 Å². The number of rotatable bonds is 0. The van der Waals surface area contributed by atoms with Crippen molar-refractivity contribution in [2.24, 2.45) is 4.74 Å². The molecule has 0 aromatic rings. The van der Waals surface area contributed by atoms with Crippen molar-refractivity contribution >= 4 is 19.0 Å². The second kappa shape index (κ2) is 3.32. The zero-order valence-electron chi connectivity index (χ0n) is 2.36. The Morgan fingerprint density at radius 3 is 2.25 bits per heavy atom. The van der Waals surface area contributed by atoms with Gasteiger partial charge in [-0.15, -0.1) is 0 Å². The Kier molecular flexibility index (Phi) is 3.59. The second-order valence-corrected chi connectivity index (χ2v) is 1.49. The molecule has 1 atom stereocenters. The molecular weight excluding hydrogens is 89.1 g/mol. The van der Waals surface area contributed by atoms with Gasteiger partial charge < -0.3 is 0 Å². The lowest BCUT2D eigenvalue weighted by atomic mass is 11.6. The minimum absolute atomic E-state index is 0.349. The molecule has 0 rings (SSSR count). The lowest BCUT2D eigenvalue weighted by molar-refractivity contribution is 1.52. The van der Waals surface area contributed by atoms with Gasteiger partial charge in [-0.25, -0.2) is 0 Å². The molecule has 0 amide bonds. The zero-order valence-corrected chi connectivity index (χ0v) is 4.17. The van der Waals surface area contributed by atoms with E-state index in [1.807, 2.05) is 0 Å². The molecule has 0 aliphatic rings. The fraction of sp³-hybridized carbons (Fsp3) is 1.00. The maximum Gasteiger partial charge on any atom is 0.0323 e. The first-order valence-corrected chi connectivity index (χ1v) is 2.96. The van der Waals surface area contributed by atoms with Gasteiger partial charge in [0.2, 0.25) is 0 Å². The normalized spacial score (nSPS) is 7.25. The third kappa shape index (κ3) is 2.32. The third-order valence-corrected chi connectivity index (χ3v) is 0.822. The molecule has 0 N–H and O–H groups in total. The van der Waals surface area contributed by atoms with Crippen LogP contribution in [0, 0.1) is 0 Å². The SMILES string of the molecule is CN=[PH]=S. The summed E-state index contributed by atoms with van der Waals surface area (Å²) >= 11 is 4.41. The topological polar surface area (TPSA) is 12.4 Å². The van der Waals surface area contributed by atoms with Crippen LogP contribution in [-0.2, 0) is 11.8 Å². The van der Waals surface area contributed by atoms with Gasteiger partial charge in [-0.2, -0.15) is 0 Å². The van der Waals surface area contributed by atoms with Crippen LogP contribution >= 0.6 is 7.15 Å². The van der Waals surface area contributed by atoms with Crippen LogP contribution < -0.4 is 0 Å². The number of nitrogens with zero attached hydrogens (tertiary/aromatic N) is 1. The third-order valence-electron chi connectivity index (χ3n) is 0.0913. The van der Waals surface area contributed by atoms with Gasteiger partial charge in [0, 0.05) is 14.2 Å². The first-order chi connectivity index (χ1) is 1.91. The Morgan fingerprint density at radius 1 is 2.00 bits per heavy atom. The van der Waals surface area contributed by atoms with Crippen molar-refractivity contribution in [2.45, 2.75) is 0 Å². The summed E-state index contributed by atoms with van der Waals surface area (Å²) in [4.78, 5) is 0. The van der Waals surface area contributed by atoms with Crippen LogP contribution in [0.15, 0.2) is 4.74 Å². The molecule has 4 heavy (non-hydrogen) atoms. The van der Waals surface area contributed by atoms with Gasteiger partial charge in [-0.1, -0.05) is 0 Å². The Hall–Kier alpha value is 0.320. The van der Waals surface area contributed by atoms with Gasteiger partial charge in [0.1, 0.15) is 0 Å². The molecule has 0 radical (unpaired) electrons. The van der Waals surface area contributed by atoms with Crippen LogP contribution in [0.3, 0.4) is 0 Å². The number of hydrogen-bond acceptors (Lipinski definition) is 2. The maximum absolute atomic E-state index is 4.41. The first kappa shape index (κ1) is 4.32. The molecule has 0 aromatic carbocycles. The van der Waals surface area contributed by atoms with Crippen molar-refractivity contribution in [3.05, 3.63) is 0 Å². The van der Waals surface area contributed by atoms with Crippen molar-refractivity contribution in [1.29, 1.82) is 0 Å². The van der Waals surface area contributed by atoms with Crippen LogP contribution in [-0.4, -0.2) is 7.05 Å². The average Bonchev–Trinajstić information content (AvgIpc) is 1.37. The summed E-state index contributed by atoms with van der Waals surface area (Å²) in [7, 11) is 2.06. The quantitative estimate of drug-likeness (QED) is 0.406. The zero-order chi connectivity index (χ0) is 3.41. The largest absolute Gasteiger partial charge is 0.269 e. The molecule has 0 spiro atoms. The van der Waals surface area contributed by atoms with Crippen LogP contribution in [0.4, 0.5) is 0 Å². The van der Waals surface area contributed by atoms with E-state index in [0.29, 0.717) is 7.15 Å². The predicted molar refractivity (Wildman–Crippen MR) is 24.0 cm³/mol. The smallest absolute Gasteiger partial charge is 0.0323 e. The van der Waals surface area contributed by atoms with Gasteiger partial charge in [-0.3, -0.25) is 4.74 Å². The highest BCUT2D eigenvalue weighted by Gasteiger charge is 1.21. The van der Waals surface area contributed by atoms with Crippen molar-refractivity contribution in [2.75, 3.05) is 7.05 Å². The van der Waals surface area contributed by atoms with Crippen molar-refractivity contribution in [1.82, 2.24) is 0 Å². The molecule has 0 aliphatic heterocycles. The van der Waals surface area contributed by atoms with Crippen molar-refractivity contribution < 1.29 is 0 Å². The van der Waals surface area contributed by atoms with E-state index in [0.717, 1.165) is 0 Å². The van der Waals surface area contributed by atoms with Gasteiger partial charge >= 0.3 is 0 Å². The Bertz CT molecular complexity index is 46.0. The standard InChI is InChI=1S/CH4NPS/c1-2-3-4/h3H,1H3.